The number of hydrogen-bond donors (Lipinski definition) is 4. The van der Waals surface area contributed by atoms with Crippen LogP contribution in [-0.4, -0.2) is 93.1 Å². The number of benzene rings is 2. The van der Waals surface area contributed by atoms with E-state index in [4.69, 9.17) is 19.4 Å². The Hall–Kier alpha value is -5.84. The molecule has 3 saturated carbocycles. The monoisotopic (exact) mass is 814 g/mol. The highest BCUT2D eigenvalue weighted by Crippen LogP contribution is 2.59. The molecule has 60 heavy (non-hydrogen) atoms. The van der Waals surface area contributed by atoms with Gasteiger partial charge in [0.1, 0.15) is 23.7 Å². The number of hydrogen-bond acceptors (Lipinski definition) is 8. The highest BCUT2D eigenvalue weighted by Gasteiger charge is 2.56. The van der Waals surface area contributed by atoms with Gasteiger partial charge in [0.05, 0.1) is 49.2 Å². The van der Waals surface area contributed by atoms with Crippen LogP contribution in [0.2, 0.25) is 0 Å². The first-order valence-corrected chi connectivity index (χ1v) is 21.4. The van der Waals surface area contributed by atoms with Crippen molar-refractivity contribution in [3.63, 3.8) is 0 Å². The van der Waals surface area contributed by atoms with Gasteiger partial charge in [0.2, 0.25) is 11.8 Å². The number of alkyl carbamates (subject to hydrolysis) is 2. The summed E-state index contributed by atoms with van der Waals surface area (Å²) in [6.45, 7) is 5.17. The standard InChI is InChI=1S/C46H54N8O6/c1-27(2)37(51-43(57)59-3)41(55)53-25-45(17-18-45)22-35(53)39-47-24-34(50-39)30-14-11-28(12-15-30)9-10-29-13-16-32-33(21-29)49-40(48-32)36-23-46(19-20-46)26-54(36)42(56)38(52-44(58)60-4)31-7-5-6-8-31/h11-16,21,24,27,31,35-38H,5-8,17-20,22-23,25-26H2,1-4H3,(H,47,50)(H,48,49)(H,51,57)(H,52,58)/t35-,36-,37-,38+/m0/s1. The first-order valence-electron chi connectivity index (χ1n) is 21.4. The average Bonchev–Trinajstić information content (AvgIpc) is 3.71. The Morgan fingerprint density at radius 3 is 2.02 bits per heavy atom. The molecule has 4 N–H and O–H groups in total. The van der Waals surface area contributed by atoms with Crippen LogP contribution in [0.4, 0.5) is 9.59 Å². The molecule has 5 aliphatic rings. The summed E-state index contributed by atoms with van der Waals surface area (Å²) in [5, 5.41) is 5.62. The molecule has 2 aliphatic heterocycles. The zero-order valence-corrected chi connectivity index (χ0v) is 34.8. The molecule has 4 amide bonds. The number of carbonyl (C=O) groups is 4. The fourth-order valence-corrected chi connectivity index (χ4v) is 9.85. The number of fused-ring (bicyclic) bond motifs is 1. The molecule has 2 saturated heterocycles. The summed E-state index contributed by atoms with van der Waals surface area (Å²) in [7, 11) is 2.64. The van der Waals surface area contributed by atoms with Gasteiger partial charge in [-0.2, -0.15) is 0 Å². The lowest BCUT2D eigenvalue weighted by molar-refractivity contribution is -0.136. The van der Waals surface area contributed by atoms with E-state index in [2.05, 4.69) is 32.4 Å². The number of amides is 4. The van der Waals surface area contributed by atoms with Gasteiger partial charge in [-0.25, -0.2) is 19.6 Å². The van der Waals surface area contributed by atoms with Gasteiger partial charge in [-0.05, 0) is 110 Å². The molecule has 2 aromatic carbocycles. The van der Waals surface area contributed by atoms with Crippen LogP contribution in [0.5, 0.6) is 0 Å². The van der Waals surface area contributed by atoms with Crippen molar-refractivity contribution in [1.29, 1.82) is 0 Å². The lowest BCUT2D eigenvalue weighted by Crippen LogP contribution is -2.52. The normalized spacial score (nSPS) is 22.1. The Morgan fingerprint density at radius 1 is 0.783 bits per heavy atom. The molecule has 4 atom stereocenters. The zero-order valence-electron chi connectivity index (χ0n) is 34.8. The molecule has 3 aliphatic carbocycles. The minimum absolute atomic E-state index is 0.0443. The number of ether oxygens (including phenoxy) is 2. The highest BCUT2D eigenvalue weighted by atomic mass is 16.5. The second-order valence-corrected chi connectivity index (χ2v) is 18.3. The van der Waals surface area contributed by atoms with E-state index in [-0.39, 0.29) is 46.6 Å². The Balaban J connectivity index is 0.888. The summed E-state index contributed by atoms with van der Waals surface area (Å²) in [5.74, 6) is 7.95. The van der Waals surface area contributed by atoms with E-state index in [1.54, 1.807) is 0 Å². The largest absolute Gasteiger partial charge is 0.453 e. The molecule has 9 rings (SSSR count). The number of likely N-dealkylation sites (tertiary alicyclic amines) is 2. The van der Waals surface area contributed by atoms with Gasteiger partial charge < -0.3 is 39.9 Å². The van der Waals surface area contributed by atoms with Gasteiger partial charge in [-0.3, -0.25) is 9.59 Å². The smallest absolute Gasteiger partial charge is 0.407 e. The lowest BCUT2D eigenvalue weighted by Gasteiger charge is -2.31. The molecule has 4 aromatic rings. The van der Waals surface area contributed by atoms with Gasteiger partial charge in [0, 0.05) is 24.2 Å². The predicted molar refractivity (Wildman–Crippen MR) is 223 cm³/mol. The van der Waals surface area contributed by atoms with Gasteiger partial charge in [0.25, 0.3) is 0 Å². The third kappa shape index (κ3) is 7.82. The van der Waals surface area contributed by atoms with Crippen LogP contribution in [0.3, 0.4) is 0 Å². The Labute approximate surface area is 349 Å². The molecule has 0 bridgehead atoms. The van der Waals surface area contributed by atoms with Gasteiger partial charge in [0.15, 0.2) is 0 Å². The number of aromatic nitrogens is 4. The van der Waals surface area contributed by atoms with Crippen molar-refractivity contribution in [1.82, 2.24) is 40.4 Å². The van der Waals surface area contributed by atoms with Crippen LogP contribution in [0.15, 0.2) is 48.7 Å². The number of H-pyrrole nitrogens is 2. The van der Waals surface area contributed by atoms with Crippen LogP contribution < -0.4 is 10.6 Å². The summed E-state index contributed by atoms with van der Waals surface area (Å²) in [6.07, 6.45) is 10.6. The maximum Gasteiger partial charge on any atom is 0.407 e. The second kappa shape index (κ2) is 15.6. The fraction of sp³-hybridized carbons (Fsp3) is 0.522. The molecule has 314 valence electrons. The maximum absolute atomic E-state index is 14.2. The predicted octanol–water partition coefficient (Wildman–Crippen LogP) is 6.76. The molecule has 14 heteroatoms. The molecule has 0 radical (unpaired) electrons. The Kier molecular flexibility index (Phi) is 10.3. The van der Waals surface area contributed by atoms with E-state index in [1.807, 2.05) is 72.3 Å². The molecule has 2 spiro atoms. The first-order chi connectivity index (χ1) is 29.0. The quantitative estimate of drug-likeness (QED) is 0.134. The van der Waals surface area contributed by atoms with Gasteiger partial charge in [-0.1, -0.05) is 50.7 Å². The van der Waals surface area contributed by atoms with E-state index in [0.717, 1.165) is 109 Å². The van der Waals surface area contributed by atoms with Crippen molar-refractivity contribution < 1.29 is 28.7 Å². The Morgan fingerprint density at radius 2 is 1.38 bits per heavy atom. The maximum atomic E-state index is 14.2. The van der Waals surface area contributed by atoms with Crippen molar-refractivity contribution >= 4 is 35.0 Å². The van der Waals surface area contributed by atoms with E-state index in [0.29, 0.717) is 13.1 Å². The van der Waals surface area contributed by atoms with Crippen molar-refractivity contribution in [2.75, 3.05) is 27.3 Å². The van der Waals surface area contributed by atoms with Crippen molar-refractivity contribution in [3.8, 4) is 23.1 Å². The van der Waals surface area contributed by atoms with Crippen LogP contribution >= 0.6 is 0 Å². The zero-order chi connectivity index (χ0) is 41.8. The van der Waals surface area contributed by atoms with Crippen molar-refractivity contribution in [2.24, 2.45) is 22.7 Å². The third-order valence-electron chi connectivity index (χ3n) is 13.8. The fourth-order valence-electron chi connectivity index (χ4n) is 9.85. The lowest BCUT2D eigenvalue weighted by atomic mass is 9.96. The summed E-state index contributed by atoms with van der Waals surface area (Å²) in [4.78, 5) is 73.1. The summed E-state index contributed by atoms with van der Waals surface area (Å²) >= 11 is 0. The van der Waals surface area contributed by atoms with Crippen molar-refractivity contribution in [3.05, 3.63) is 71.4 Å². The molecular weight excluding hydrogens is 761 g/mol. The molecule has 4 heterocycles. The first kappa shape index (κ1) is 39.6. The molecular formula is C46H54N8O6. The topological polar surface area (TPSA) is 175 Å². The molecule has 14 nitrogen and oxygen atoms in total. The van der Waals surface area contributed by atoms with E-state index in [1.165, 1.54) is 14.2 Å². The number of imidazole rings is 2. The number of rotatable bonds is 9. The average molecular weight is 815 g/mol. The van der Waals surface area contributed by atoms with Crippen molar-refractivity contribution in [2.45, 2.75) is 102 Å². The number of methoxy groups -OCH3 is 2. The van der Waals surface area contributed by atoms with Gasteiger partial charge >= 0.3 is 12.2 Å². The van der Waals surface area contributed by atoms with E-state index in [9.17, 15) is 19.2 Å². The summed E-state index contributed by atoms with van der Waals surface area (Å²) in [5.41, 5.74) is 5.43. The van der Waals surface area contributed by atoms with Crippen LogP contribution in [0.25, 0.3) is 22.3 Å². The third-order valence-corrected chi connectivity index (χ3v) is 13.8. The summed E-state index contributed by atoms with van der Waals surface area (Å²) < 4.78 is 9.73. The van der Waals surface area contributed by atoms with Crippen LogP contribution in [0.1, 0.15) is 113 Å². The highest BCUT2D eigenvalue weighted by molar-refractivity contribution is 5.88. The van der Waals surface area contributed by atoms with Crippen LogP contribution in [-0.2, 0) is 19.1 Å². The Bertz CT molecular complexity index is 2360. The summed E-state index contributed by atoms with van der Waals surface area (Å²) in [6, 6.07) is 12.2. The molecule has 2 aromatic heterocycles. The number of nitrogens with zero attached hydrogens (tertiary/aromatic N) is 4. The van der Waals surface area contributed by atoms with E-state index >= 15 is 0 Å². The molecule has 5 fully saturated rings. The second-order valence-electron chi connectivity index (χ2n) is 18.3. The number of nitrogens with one attached hydrogen (secondary N) is 4. The van der Waals surface area contributed by atoms with Crippen LogP contribution in [0, 0.1) is 34.5 Å². The number of aromatic amines is 2. The molecule has 0 unspecified atom stereocenters. The minimum Gasteiger partial charge on any atom is -0.453 e. The minimum atomic E-state index is -0.691. The van der Waals surface area contributed by atoms with Gasteiger partial charge in [-0.15, -0.1) is 0 Å². The SMILES string of the molecule is COC(=O)N[C@H](C(=O)N1CC2(CC2)C[C@H]1c1ncc(-c2ccc(C#Cc3ccc4nc([C@@H]5CC6(CC6)CN5C(=O)[C@H](NC(=O)OC)C5CCCC5)[nH]c4c3)cc2)[nH]1)C(C)C. The van der Waals surface area contributed by atoms with E-state index < -0.39 is 24.3 Å². The number of carbonyl (C=O) groups excluding carboxylic acids is 4.